The third-order valence-electron chi connectivity index (χ3n) is 5.10. The Hall–Kier alpha value is -1.12. The van der Waals surface area contributed by atoms with E-state index in [4.69, 9.17) is 0 Å². The van der Waals surface area contributed by atoms with E-state index in [1.807, 2.05) is 6.07 Å². The average Bonchev–Trinajstić information content (AvgIpc) is 2.71. The van der Waals surface area contributed by atoms with Crippen molar-refractivity contribution in [2.45, 2.75) is 39.0 Å². The molecule has 2 heterocycles. The van der Waals surface area contributed by atoms with Crippen molar-refractivity contribution >= 4 is 26.7 Å². The topological polar surface area (TPSA) is 35.6 Å². The number of amides is 1. The first-order valence-corrected chi connectivity index (χ1v) is 9.03. The summed E-state index contributed by atoms with van der Waals surface area (Å²) in [7, 11) is 2.82. The number of fused-ring (bicyclic) bond motifs is 1. The molecule has 1 fully saturated rings. The highest BCUT2D eigenvalue weighted by Gasteiger charge is 2.36. The predicted octanol–water partition coefficient (Wildman–Crippen LogP) is 3.24. The number of nitrogens with one attached hydrogen (secondary N) is 1. The zero-order valence-corrected chi connectivity index (χ0v) is 15.6. The molecule has 0 aliphatic carbocycles. The fraction of sp³-hybridized carbons (Fsp3) is 0.611. The second-order valence-electron chi connectivity index (χ2n) is 7.66. The van der Waals surface area contributed by atoms with Crippen LogP contribution in [0.1, 0.15) is 39.2 Å². The molecule has 2 aliphatic rings. The molecule has 1 atom stereocenters. The summed E-state index contributed by atoms with van der Waals surface area (Å²) < 4.78 is 2.34. The van der Waals surface area contributed by atoms with E-state index >= 15 is 0 Å². The van der Waals surface area contributed by atoms with Gasteiger partial charge < -0.3 is 10.2 Å². The van der Waals surface area contributed by atoms with Gasteiger partial charge in [0, 0.05) is 49.9 Å². The van der Waals surface area contributed by atoms with Crippen LogP contribution in [0, 0.1) is 5.92 Å². The molecule has 0 radical (unpaired) electrons. The highest BCUT2D eigenvalue weighted by Crippen LogP contribution is 2.42. The molecule has 4 nitrogen and oxygen atoms in total. The Bertz CT molecular complexity index is 594. The summed E-state index contributed by atoms with van der Waals surface area (Å²) in [5, 5.41) is 2.92. The highest BCUT2D eigenvalue weighted by molar-refractivity contribution is 7.13. The number of rotatable bonds is 3. The predicted molar refractivity (Wildman–Crippen MR) is 100.0 cm³/mol. The van der Waals surface area contributed by atoms with Crippen LogP contribution in [0.5, 0.6) is 0 Å². The number of piperidine rings is 1. The summed E-state index contributed by atoms with van der Waals surface area (Å²) in [6.45, 7) is 10.7. The number of hydrogen-bond acceptors (Lipinski definition) is 3. The Kier molecular flexibility index (Phi) is 4.66. The third-order valence-corrected chi connectivity index (χ3v) is 5.62. The van der Waals surface area contributed by atoms with Crippen molar-refractivity contribution in [2.24, 2.45) is 5.92 Å². The standard InChI is InChI=1S/C18H28N3OP/c1-13(22)19-15-4-5-16-17(10-15)20(12-18(16,2)3)11-14-6-8-21(23)9-7-14/h4-5,10,14H,6-9,11-12,23H2,1-3H3,(H,19,22). The maximum atomic E-state index is 11.3. The van der Waals surface area contributed by atoms with Crippen molar-refractivity contribution in [3.63, 3.8) is 0 Å². The zero-order valence-electron chi connectivity index (χ0n) is 14.4. The van der Waals surface area contributed by atoms with Gasteiger partial charge in [-0.25, -0.2) is 0 Å². The Balaban J connectivity index is 1.79. The molecule has 126 valence electrons. The van der Waals surface area contributed by atoms with Crippen molar-refractivity contribution in [3.8, 4) is 0 Å². The van der Waals surface area contributed by atoms with Gasteiger partial charge in [-0.3, -0.25) is 9.46 Å². The van der Waals surface area contributed by atoms with E-state index in [-0.39, 0.29) is 11.3 Å². The molecule has 1 amide bonds. The normalized spacial score (nSPS) is 21.3. The Morgan fingerprint density at radius 3 is 2.70 bits per heavy atom. The Morgan fingerprint density at radius 2 is 2.04 bits per heavy atom. The monoisotopic (exact) mass is 333 g/mol. The molecule has 1 unspecified atom stereocenters. The molecule has 0 bridgehead atoms. The van der Waals surface area contributed by atoms with Gasteiger partial charge in [0.25, 0.3) is 0 Å². The van der Waals surface area contributed by atoms with Gasteiger partial charge in [-0.15, -0.1) is 0 Å². The van der Waals surface area contributed by atoms with E-state index < -0.39 is 0 Å². The minimum absolute atomic E-state index is 0.0124. The van der Waals surface area contributed by atoms with Crippen LogP contribution in [0.15, 0.2) is 18.2 Å². The van der Waals surface area contributed by atoms with Gasteiger partial charge in [0.1, 0.15) is 0 Å². The number of benzene rings is 1. The fourth-order valence-electron chi connectivity index (χ4n) is 3.90. The summed E-state index contributed by atoms with van der Waals surface area (Å²) in [5.74, 6) is 0.750. The van der Waals surface area contributed by atoms with Gasteiger partial charge >= 0.3 is 0 Å². The maximum Gasteiger partial charge on any atom is 0.221 e. The average molecular weight is 333 g/mol. The number of carbonyl (C=O) groups excluding carboxylic acids is 1. The molecule has 1 N–H and O–H groups in total. The molecule has 0 spiro atoms. The van der Waals surface area contributed by atoms with Crippen molar-refractivity contribution in [2.75, 3.05) is 36.4 Å². The third kappa shape index (κ3) is 3.70. The van der Waals surface area contributed by atoms with Gasteiger partial charge in [-0.1, -0.05) is 29.3 Å². The van der Waals surface area contributed by atoms with Crippen molar-refractivity contribution in [1.82, 2.24) is 4.67 Å². The van der Waals surface area contributed by atoms with Gasteiger partial charge in [0.2, 0.25) is 5.91 Å². The van der Waals surface area contributed by atoms with E-state index in [1.165, 1.54) is 37.2 Å². The number of anilines is 2. The largest absolute Gasteiger partial charge is 0.370 e. The van der Waals surface area contributed by atoms with Crippen LogP contribution in [0.3, 0.4) is 0 Å². The van der Waals surface area contributed by atoms with Crippen LogP contribution in [-0.2, 0) is 10.2 Å². The second-order valence-corrected chi connectivity index (χ2v) is 8.39. The van der Waals surface area contributed by atoms with Gasteiger partial charge in [-0.2, -0.15) is 0 Å². The zero-order chi connectivity index (χ0) is 16.6. The molecule has 1 aromatic carbocycles. The molecule has 5 heteroatoms. The minimum Gasteiger partial charge on any atom is -0.370 e. The lowest BCUT2D eigenvalue weighted by Crippen LogP contribution is -2.36. The molecule has 1 saturated heterocycles. The van der Waals surface area contributed by atoms with Gasteiger partial charge in [-0.05, 0) is 36.5 Å². The van der Waals surface area contributed by atoms with Crippen molar-refractivity contribution in [3.05, 3.63) is 23.8 Å². The maximum absolute atomic E-state index is 11.3. The summed E-state index contributed by atoms with van der Waals surface area (Å²) in [5.41, 5.74) is 3.77. The van der Waals surface area contributed by atoms with Crippen LogP contribution in [0.4, 0.5) is 11.4 Å². The molecule has 0 saturated carbocycles. The Labute approximate surface area is 141 Å². The van der Waals surface area contributed by atoms with Crippen LogP contribution < -0.4 is 10.2 Å². The lowest BCUT2D eigenvalue weighted by atomic mass is 9.87. The fourth-order valence-corrected chi connectivity index (χ4v) is 4.20. The van der Waals surface area contributed by atoms with E-state index in [0.717, 1.165) is 24.7 Å². The van der Waals surface area contributed by atoms with E-state index in [1.54, 1.807) is 6.92 Å². The first kappa shape index (κ1) is 16.7. The smallest absolute Gasteiger partial charge is 0.221 e. The molecule has 23 heavy (non-hydrogen) atoms. The minimum atomic E-state index is -0.0124. The number of nitrogens with zero attached hydrogens (tertiary/aromatic N) is 2. The van der Waals surface area contributed by atoms with E-state index in [2.05, 4.69) is 50.3 Å². The molecule has 2 aliphatic heterocycles. The van der Waals surface area contributed by atoms with Gasteiger partial charge in [0.15, 0.2) is 0 Å². The number of hydrogen-bond donors (Lipinski definition) is 1. The van der Waals surface area contributed by atoms with Crippen LogP contribution >= 0.6 is 9.39 Å². The molecular weight excluding hydrogens is 305 g/mol. The van der Waals surface area contributed by atoms with Crippen LogP contribution in [0.25, 0.3) is 0 Å². The van der Waals surface area contributed by atoms with Crippen molar-refractivity contribution < 1.29 is 4.79 Å². The van der Waals surface area contributed by atoms with Crippen LogP contribution in [-0.4, -0.2) is 36.8 Å². The van der Waals surface area contributed by atoms with Crippen LogP contribution in [0.2, 0.25) is 0 Å². The molecule has 0 aromatic heterocycles. The summed E-state index contributed by atoms with van der Waals surface area (Å²) in [6.07, 6.45) is 2.53. The Morgan fingerprint density at radius 1 is 1.35 bits per heavy atom. The summed E-state index contributed by atoms with van der Waals surface area (Å²) >= 11 is 0. The first-order valence-electron chi connectivity index (χ1n) is 8.52. The van der Waals surface area contributed by atoms with Crippen molar-refractivity contribution in [1.29, 1.82) is 0 Å². The summed E-state index contributed by atoms with van der Waals surface area (Å²) in [4.78, 5) is 13.9. The highest BCUT2D eigenvalue weighted by atomic mass is 31.0. The molecule has 1 aromatic rings. The lowest BCUT2D eigenvalue weighted by molar-refractivity contribution is -0.114. The molecular formula is C18H28N3OP. The lowest BCUT2D eigenvalue weighted by Gasteiger charge is -2.33. The van der Waals surface area contributed by atoms with Gasteiger partial charge in [0.05, 0.1) is 0 Å². The van der Waals surface area contributed by atoms with E-state index in [0.29, 0.717) is 0 Å². The quantitative estimate of drug-likeness (QED) is 0.863. The second kappa shape index (κ2) is 6.41. The molecule has 3 rings (SSSR count). The first-order chi connectivity index (χ1) is 10.8. The summed E-state index contributed by atoms with van der Waals surface area (Å²) in [6, 6.07) is 6.36. The SMILES string of the molecule is CC(=O)Nc1ccc2c(c1)N(CC1CCN(P)CC1)CC2(C)C. The van der Waals surface area contributed by atoms with E-state index in [9.17, 15) is 4.79 Å². The number of carbonyl (C=O) groups is 1.